The number of halogens is 4. The average molecular weight is 634 g/mol. The summed E-state index contributed by atoms with van der Waals surface area (Å²) in [6, 6.07) is 11.4. The Labute approximate surface area is 260 Å². The Balaban J connectivity index is 2.23. The lowest BCUT2D eigenvalue weighted by atomic mass is 9.74. The number of nitrogens with one attached hydrogen (secondary N) is 1. The number of nitrogens with zero attached hydrogens (tertiary/aromatic N) is 3. The Morgan fingerprint density at radius 1 is 0.850 bits per heavy atom. The van der Waals surface area contributed by atoms with Gasteiger partial charge in [-0.05, 0) is 96.4 Å². The second-order valence-corrected chi connectivity index (χ2v) is 13.1. The topological polar surface area (TPSA) is 37.0 Å². The fourth-order valence-corrected chi connectivity index (χ4v) is 6.13. The molecule has 2 aromatic rings. The van der Waals surface area contributed by atoms with Crippen molar-refractivity contribution < 1.29 is 14.0 Å². The van der Waals surface area contributed by atoms with E-state index in [2.05, 4.69) is 70.5 Å². The van der Waals surface area contributed by atoms with Gasteiger partial charge in [0, 0.05) is 13.2 Å². The third-order valence-corrected chi connectivity index (χ3v) is 9.14. The van der Waals surface area contributed by atoms with Crippen molar-refractivity contribution in [2.75, 3.05) is 68.6 Å². The molecule has 0 fully saturated rings. The summed E-state index contributed by atoms with van der Waals surface area (Å²) in [6.45, 7) is 4.95. The maximum Gasteiger partial charge on any atom is 0.240 e. The highest BCUT2D eigenvalue weighted by atomic mass is 35.5. The maximum atomic E-state index is 6.99. The van der Waals surface area contributed by atoms with E-state index in [-0.39, 0.29) is 0 Å². The maximum absolute atomic E-state index is 6.99. The molecule has 0 saturated carbocycles. The molecule has 0 aliphatic carbocycles. The molecule has 0 radical (unpaired) electrons. The number of likely N-dealkylation sites (N-methyl/N-ethyl adjacent to an activating group) is 1. The third-order valence-electron chi connectivity index (χ3n) is 7.66. The molecular weight excluding hydrogens is 590 g/mol. The molecule has 0 saturated heterocycles. The van der Waals surface area contributed by atoms with Crippen LogP contribution in [0.4, 0.5) is 0 Å². The van der Waals surface area contributed by atoms with Gasteiger partial charge in [0.2, 0.25) is 5.66 Å². The molecule has 3 unspecified atom stereocenters. The first-order valence-corrected chi connectivity index (χ1v) is 15.0. The Morgan fingerprint density at radius 3 is 1.95 bits per heavy atom. The zero-order chi connectivity index (χ0) is 29.7. The van der Waals surface area contributed by atoms with Crippen molar-refractivity contribution >= 4 is 46.4 Å². The number of rotatable bonds is 14. The zero-order valence-electron chi connectivity index (χ0n) is 24.6. The van der Waals surface area contributed by atoms with Gasteiger partial charge in [0.15, 0.2) is 11.7 Å². The molecule has 1 heterocycles. The molecule has 222 valence electrons. The molecule has 3 rings (SSSR count). The van der Waals surface area contributed by atoms with E-state index >= 15 is 0 Å². The van der Waals surface area contributed by atoms with E-state index in [0.29, 0.717) is 37.8 Å². The largest absolute Gasteiger partial charge is 0.365 e. The summed E-state index contributed by atoms with van der Waals surface area (Å²) in [5.74, 6) is 0. The Bertz CT molecular complexity index is 1180. The molecule has 6 nitrogen and oxygen atoms in total. The average Bonchev–Trinajstić information content (AvgIpc) is 3.20. The van der Waals surface area contributed by atoms with E-state index < -0.39 is 17.4 Å². The fourth-order valence-electron chi connectivity index (χ4n) is 5.53. The number of quaternary nitrogens is 1. The van der Waals surface area contributed by atoms with Crippen LogP contribution in [0.3, 0.4) is 0 Å². The minimum absolute atomic E-state index is 0.413. The van der Waals surface area contributed by atoms with Gasteiger partial charge in [0.05, 0.1) is 40.4 Å². The van der Waals surface area contributed by atoms with Gasteiger partial charge in [-0.15, -0.1) is 0 Å². The van der Waals surface area contributed by atoms with Crippen LogP contribution in [0, 0.1) is 0 Å². The van der Waals surface area contributed by atoms with Crippen molar-refractivity contribution in [2.45, 2.75) is 37.1 Å². The molecule has 40 heavy (non-hydrogen) atoms. The van der Waals surface area contributed by atoms with E-state index in [9.17, 15) is 0 Å². The summed E-state index contributed by atoms with van der Waals surface area (Å²) >= 11 is 25.9. The lowest BCUT2D eigenvalue weighted by Crippen LogP contribution is -2.74. The number of hydrogen-bond donors (Lipinski definition) is 1. The van der Waals surface area contributed by atoms with Gasteiger partial charge < -0.3 is 24.6 Å². The van der Waals surface area contributed by atoms with Crippen molar-refractivity contribution in [3.63, 3.8) is 0 Å². The monoisotopic (exact) mass is 631 g/mol. The van der Waals surface area contributed by atoms with Gasteiger partial charge in [-0.3, -0.25) is 4.48 Å². The van der Waals surface area contributed by atoms with Crippen molar-refractivity contribution in [3.05, 3.63) is 80.0 Å². The molecule has 0 spiro atoms. The van der Waals surface area contributed by atoms with Crippen LogP contribution in [0.1, 0.15) is 37.0 Å². The smallest absolute Gasteiger partial charge is 0.240 e. The van der Waals surface area contributed by atoms with Crippen LogP contribution in [0.25, 0.3) is 0 Å². The normalized spacial score (nSPS) is 20.6. The van der Waals surface area contributed by atoms with Crippen molar-refractivity contribution in [2.24, 2.45) is 0 Å². The van der Waals surface area contributed by atoms with Gasteiger partial charge in [-0.25, -0.2) is 0 Å². The van der Waals surface area contributed by atoms with E-state index in [1.807, 2.05) is 42.6 Å². The first kappa shape index (κ1) is 33.4. The van der Waals surface area contributed by atoms with Crippen LogP contribution in [-0.2, 0) is 15.1 Å². The Morgan fingerprint density at radius 2 is 1.43 bits per heavy atom. The second-order valence-electron chi connectivity index (χ2n) is 11.5. The molecule has 0 aromatic heterocycles. The first-order valence-electron chi connectivity index (χ1n) is 13.5. The first-order chi connectivity index (χ1) is 18.7. The SMILES string of the molecule is CN(C)CCCOC(c1ccc(Cl)c(Cl)c1)C1(C(C)(OCCCN(C)C)c2ccc(Cl)c(Cl)c2)NC=C[N+]1(C)C. The number of benzene rings is 2. The lowest BCUT2D eigenvalue weighted by molar-refractivity contribution is -0.909. The van der Waals surface area contributed by atoms with Crippen LogP contribution in [0.5, 0.6) is 0 Å². The minimum atomic E-state index is -0.946. The van der Waals surface area contributed by atoms with Gasteiger partial charge in [0.25, 0.3) is 0 Å². The van der Waals surface area contributed by atoms with E-state index in [4.69, 9.17) is 55.9 Å². The minimum Gasteiger partial charge on any atom is -0.365 e. The molecule has 3 atom stereocenters. The summed E-state index contributed by atoms with van der Waals surface area (Å²) in [7, 11) is 12.5. The summed E-state index contributed by atoms with van der Waals surface area (Å²) in [4.78, 5) is 4.30. The summed E-state index contributed by atoms with van der Waals surface area (Å²) in [5.41, 5.74) is -0.0444. The predicted octanol–water partition coefficient (Wildman–Crippen LogP) is 7.04. The molecule has 1 aliphatic rings. The van der Waals surface area contributed by atoms with Crippen LogP contribution >= 0.6 is 46.4 Å². The fraction of sp³-hybridized carbons (Fsp3) is 0.533. The van der Waals surface area contributed by atoms with Gasteiger partial charge in [0.1, 0.15) is 6.20 Å². The van der Waals surface area contributed by atoms with Crippen molar-refractivity contribution in [3.8, 4) is 0 Å². The van der Waals surface area contributed by atoms with Crippen LogP contribution in [0.2, 0.25) is 20.1 Å². The highest BCUT2D eigenvalue weighted by Gasteiger charge is 2.68. The van der Waals surface area contributed by atoms with Gasteiger partial charge >= 0.3 is 0 Å². The Kier molecular flexibility index (Phi) is 11.7. The predicted molar refractivity (Wildman–Crippen MR) is 168 cm³/mol. The second kappa shape index (κ2) is 13.9. The number of hydrogen-bond acceptors (Lipinski definition) is 5. The Hall–Kier alpha value is -1.06. The van der Waals surface area contributed by atoms with E-state index in [0.717, 1.165) is 37.1 Å². The molecule has 0 amide bonds. The standard InChI is InChI=1S/C30H43Cl4N4O2/c1-29(40-19-9-16-37(4)5,23-11-13-25(32)27(34)21-23)30(35-14-17-38(30,6)7)28(39-18-8-15-36(2)3)22-10-12-24(31)26(33)20-22/h10-14,17,20-21,28,35H,8-9,15-16,18-19H2,1-7H3/q+1. The van der Waals surface area contributed by atoms with E-state index in [1.165, 1.54) is 0 Å². The van der Waals surface area contributed by atoms with Crippen LogP contribution in [0.15, 0.2) is 48.8 Å². The number of ether oxygens (including phenoxy) is 2. The summed E-state index contributed by atoms with van der Waals surface area (Å²) in [6.07, 6.45) is 5.30. The molecule has 1 N–H and O–H groups in total. The zero-order valence-corrected chi connectivity index (χ0v) is 27.6. The third kappa shape index (κ3) is 7.11. The van der Waals surface area contributed by atoms with E-state index in [1.54, 1.807) is 0 Å². The summed E-state index contributed by atoms with van der Waals surface area (Å²) < 4.78 is 14.3. The molecule has 0 bridgehead atoms. The lowest BCUT2D eigenvalue weighted by Gasteiger charge is -2.55. The van der Waals surface area contributed by atoms with Crippen molar-refractivity contribution in [1.29, 1.82) is 0 Å². The summed E-state index contributed by atoms with van der Waals surface area (Å²) in [5, 5.41) is 5.64. The van der Waals surface area contributed by atoms with Gasteiger partial charge in [-0.2, -0.15) is 0 Å². The van der Waals surface area contributed by atoms with Crippen LogP contribution in [-0.4, -0.2) is 88.5 Å². The van der Waals surface area contributed by atoms with Gasteiger partial charge in [-0.1, -0.05) is 58.5 Å². The highest BCUT2D eigenvalue weighted by Crippen LogP contribution is 2.53. The molecular formula is C30H43Cl4N4O2+. The quantitative estimate of drug-likeness (QED) is 0.179. The van der Waals surface area contributed by atoms with Crippen molar-refractivity contribution in [1.82, 2.24) is 15.1 Å². The molecule has 10 heteroatoms. The molecule has 1 aliphatic heterocycles. The van der Waals surface area contributed by atoms with Crippen LogP contribution < -0.4 is 5.32 Å². The highest BCUT2D eigenvalue weighted by molar-refractivity contribution is 6.42. The molecule has 2 aromatic carbocycles.